The van der Waals surface area contributed by atoms with Gasteiger partial charge in [-0.05, 0) is 19.1 Å². The minimum absolute atomic E-state index is 0.106. The van der Waals surface area contributed by atoms with Crippen molar-refractivity contribution in [1.29, 1.82) is 0 Å². The molecule has 0 spiro atoms. The van der Waals surface area contributed by atoms with Gasteiger partial charge in [0.2, 0.25) is 0 Å². The smallest absolute Gasteiger partial charge is 0.266 e. The molecule has 0 radical (unpaired) electrons. The molecule has 0 bridgehead atoms. The molecule has 16 heavy (non-hydrogen) atoms. The Hall–Kier alpha value is -1.40. The first-order valence-electron chi connectivity index (χ1n) is 4.68. The number of aryl methyl sites for hydroxylation is 1. The highest BCUT2D eigenvalue weighted by Gasteiger charge is 2.07. The van der Waals surface area contributed by atoms with Crippen molar-refractivity contribution in [1.82, 2.24) is 5.32 Å². The summed E-state index contributed by atoms with van der Waals surface area (Å²) in [5, 5.41) is 2.40. The molecule has 0 saturated carbocycles. The second-order valence-corrected chi connectivity index (χ2v) is 4.98. The number of carbonyl (C=O) groups is 1. The lowest BCUT2D eigenvalue weighted by molar-refractivity contribution is 0.0956. The summed E-state index contributed by atoms with van der Waals surface area (Å²) in [4.78, 5) is 11.5. The van der Waals surface area contributed by atoms with Gasteiger partial charge in [0.05, 0.1) is 5.75 Å². The standard InChI is InChI=1S/C10H13NO4S/c1-8-2-4-9(5-3-8)10(12)11-6-7-16(13,14)15/h2-5H,6-7H2,1H3,(H,11,12)(H,13,14,15). The van der Waals surface area contributed by atoms with Crippen molar-refractivity contribution < 1.29 is 17.8 Å². The molecule has 1 amide bonds. The van der Waals surface area contributed by atoms with Gasteiger partial charge in [-0.25, -0.2) is 0 Å². The van der Waals surface area contributed by atoms with Crippen LogP contribution >= 0.6 is 0 Å². The predicted octanol–water partition coefficient (Wildman–Crippen LogP) is 0.613. The summed E-state index contributed by atoms with van der Waals surface area (Å²) >= 11 is 0. The predicted molar refractivity (Wildman–Crippen MR) is 59.9 cm³/mol. The van der Waals surface area contributed by atoms with Crippen molar-refractivity contribution in [2.75, 3.05) is 12.3 Å². The van der Waals surface area contributed by atoms with E-state index in [2.05, 4.69) is 5.32 Å². The summed E-state index contributed by atoms with van der Waals surface area (Å²) in [5.41, 5.74) is 1.50. The SMILES string of the molecule is Cc1ccc(C(=O)NCCS(=O)(=O)O)cc1. The Balaban J connectivity index is 2.50. The molecule has 0 aromatic heterocycles. The van der Waals surface area contributed by atoms with Crippen LogP contribution in [-0.2, 0) is 10.1 Å². The van der Waals surface area contributed by atoms with Crippen molar-refractivity contribution in [2.45, 2.75) is 6.92 Å². The maximum Gasteiger partial charge on any atom is 0.266 e. The van der Waals surface area contributed by atoms with E-state index in [0.717, 1.165) is 5.56 Å². The summed E-state index contributed by atoms with van der Waals surface area (Å²) in [6, 6.07) is 6.88. The Kier molecular flexibility index (Phi) is 4.03. The molecule has 0 heterocycles. The van der Waals surface area contributed by atoms with Crippen molar-refractivity contribution in [3.63, 3.8) is 0 Å². The van der Waals surface area contributed by atoms with Crippen molar-refractivity contribution in [2.24, 2.45) is 0 Å². The van der Waals surface area contributed by atoms with E-state index in [9.17, 15) is 13.2 Å². The molecule has 0 atom stereocenters. The maximum atomic E-state index is 11.5. The third-order valence-corrected chi connectivity index (χ3v) is 2.68. The average Bonchev–Trinajstić information content (AvgIpc) is 2.16. The van der Waals surface area contributed by atoms with Crippen LogP contribution in [0.5, 0.6) is 0 Å². The molecule has 0 saturated heterocycles. The van der Waals surface area contributed by atoms with Gasteiger partial charge in [-0.15, -0.1) is 0 Å². The van der Waals surface area contributed by atoms with E-state index in [-0.39, 0.29) is 12.5 Å². The normalized spacial score (nSPS) is 11.1. The number of carbonyl (C=O) groups excluding carboxylic acids is 1. The maximum absolute atomic E-state index is 11.5. The fraction of sp³-hybridized carbons (Fsp3) is 0.300. The van der Waals surface area contributed by atoms with E-state index in [1.807, 2.05) is 6.92 Å². The summed E-state index contributed by atoms with van der Waals surface area (Å²) in [5.74, 6) is -0.839. The molecule has 1 aromatic rings. The lowest BCUT2D eigenvalue weighted by atomic mass is 10.1. The average molecular weight is 243 g/mol. The highest BCUT2D eigenvalue weighted by Crippen LogP contribution is 2.02. The van der Waals surface area contributed by atoms with Crippen LogP contribution in [0.1, 0.15) is 15.9 Å². The number of hydrogen-bond acceptors (Lipinski definition) is 3. The molecule has 0 aliphatic rings. The van der Waals surface area contributed by atoms with Gasteiger partial charge in [-0.3, -0.25) is 9.35 Å². The number of rotatable bonds is 4. The molecule has 0 unspecified atom stereocenters. The van der Waals surface area contributed by atoms with E-state index < -0.39 is 15.9 Å². The van der Waals surface area contributed by atoms with Gasteiger partial charge in [0.15, 0.2) is 0 Å². The summed E-state index contributed by atoms with van der Waals surface area (Å²) in [6.07, 6.45) is 0. The third-order valence-electron chi connectivity index (χ3n) is 1.96. The Morgan fingerprint density at radius 1 is 1.31 bits per heavy atom. The minimum atomic E-state index is -4.02. The van der Waals surface area contributed by atoms with Gasteiger partial charge < -0.3 is 5.32 Å². The molecule has 2 N–H and O–H groups in total. The lowest BCUT2D eigenvalue weighted by Crippen LogP contribution is -2.28. The van der Waals surface area contributed by atoms with Gasteiger partial charge in [0, 0.05) is 12.1 Å². The van der Waals surface area contributed by atoms with Gasteiger partial charge in [-0.1, -0.05) is 17.7 Å². The molecule has 0 aliphatic carbocycles. The fourth-order valence-corrected chi connectivity index (χ4v) is 1.46. The highest BCUT2D eigenvalue weighted by atomic mass is 32.2. The Morgan fingerprint density at radius 3 is 2.38 bits per heavy atom. The van der Waals surface area contributed by atoms with Crippen molar-refractivity contribution in [3.8, 4) is 0 Å². The van der Waals surface area contributed by atoms with Gasteiger partial charge >= 0.3 is 0 Å². The van der Waals surface area contributed by atoms with Crippen LogP contribution in [0.2, 0.25) is 0 Å². The highest BCUT2D eigenvalue weighted by molar-refractivity contribution is 7.85. The summed E-state index contributed by atoms with van der Waals surface area (Å²) in [6.45, 7) is 1.80. The fourth-order valence-electron chi connectivity index (χ4n) is 1.10. The van der Waals surface area contributed by atoms with Crippen LogP contribution in [0, 0.1) is 6.92 Å². The van der Waals surface area contributed by atoms with Crippen LogP contribution in [0.15, 0.2) is 24.3 Å². The van der Waals surface area contributed by atoms with Gasteiger partial charge in [0.1, 0.15) is 0 Å². The van der Waals surface area contributed by atoms with Gasteiger partial charge in [-0.2, -0.15) is 8.42 Å². The Labute approximate surface area is 94.2 Å². The number of amides is 1. The molecule has 0 fully saturated rings. The van der Waals surface area contributed by atoms with E-state index in [1.54, 1.807) is 24.3 Å². The van der Waals surface area contributed by atoms with E-state index in [1.165, 1.54) is 0 Å². The number of nitrogens with one attached hydrogen (secondary N) is 1. The summed E-state index contributed by atoms with van der Waals surface area (Å²) in [7, 11) is -4.02. The Bertz CT molecular complexity index is 464. The van der Waals surface area contributed by atoms with Crippen LogP contribution in [-0.4, -0.2) is 31.2 Å². The van der Waals surface area contributed by atoms with Crippen molar-refractivity contribution >= 4 is 16.0 Å². The van der Waals surface area contributed by atoms with Gasteiger partial charge in [0.25, 0.3) is 16.0 Å². The molecular formula is C10H13NO4S. The first kappa shape index (κ1) is 12.7. The molecule has 6 heteroatoms. The second-order valence-electron chi connectivity index (χ2n) is 3.41. The zero-order chi connectivity index (χ0) is 12.2. The zero-order valence-electron chi connectivity index (χ0n) is 8.80. The lowest BCUT2D eigenvalue weighted by Gasteiger charge is -2.03. The summed E-state index contributed by atoms with van der Waals surface area (Å²) < 4.78 is 29.3. The number of hydrogen-bond donors (Lipinski definition) is 2. The first-order valence-corrected chi connectivity index (χ1v) is 6.29. The van der Waals surface area contributed by atoms with Crippen LogP contribution in [0.3, 0.4) is 0 Å². The number of benzene rings is 1. The van der Waals surface area contributed by atoms with Crippen LogP contribution in [0.25, 0.3) is 0 Å². The van der Waals surface area contributed by atoms with E-state index >= 15 is 0 Å². The molecule has 1 aromatic carbocycles. The van der Waals surface area contributed by atoms with Crippen LogP contribution in [0.4, 0.5) is 0 Å². The molecule has 1 rings (SSSR count). The van der Waals surface area contributed by atoms with E-state index in [4.69, 9.17) is 4.55 Å². The molecule has 5 nitrogen and oxygen atoms in total. The first-order chi connectivity index (χ1) is 7.38. The topological polar surface area (TPSA) is 83.5 Å². The largest absolute Gasteiger partial charge is 0.351 e. The second kappa shape index (κ2) is 5.09. The zero-order valence-corrected chi connectivity index (χ0v) is 9.62. The van der Waals surface area contributed by atoms with Crippen LogP contribution < -0.4 is 5.32 Å². The molecule has 0 aliphatic heterocycles. The third kappa shape index (κ3) is 4.41. The minimum Gasteiger partial charge on any atom is -0.351 e. The van der Waals surface area contributed by atoms with Crippen molar-refractivity contribution in [3.05, 3.63) is 35.4 Å². The van der Waals surface area contributed by atoms with E-state index in [0.29, 0.717) is 5.56 Å². The molecular weight excluding hydrogens is 230 g/mol. The Morgan fingerprint density at radius 2 is 1.88 bits per heavy atom. The monoisotopic (exact) mass is 243 g/mol. The quantitative estimate of drug-likeness (QED) is 0.759. The molecule has 88 valence electrons.